The second-order valence-corrected chi connectivity index (χ2v) is 7.43. The molecule has 1 aromatic carbocycles. The molecule has 124 valence electrons. The zero-order valence-electron chi connectivity index (χ0n) is 14.0. The summed E-state index contributed by atoms with van der Waals surface area (Å²) in [4.78, 5) is 18.8. The van der Waals surface area contributed by atoms with E-state index in [0.29, 0.717) is 0 Å². The summed E-state index contributed by atoms with van der Waals surface area (Å²) in [6.07, 6.45) is 4.47. The SMILES string of the molecule is CN(C)C1(c2ccc(N3C[C@@H]4[C@H](N)CCCN4C3=O)cc2)CC1. The topological polar surface area (TPSA) is 52.8 Å². The lowest BCUT2D eigenvalue weighted by atomic mass is 9.98. The Hall–Kier alpha value is -1.59. The Morgan fingerprint density at radius 2 is 1.91 bits per heavy atom. The summed E-state index contributed by atoms with van der Waals surface area (Å²) in [6, 6.07) is 8.97. The molecule has 3 aliphatic rings. The molecule has 5 heteroatoms. The number of nitrogens with zero attached hydrogens (tertiary/aromatic N) is 3. The minimum Gasteiger partial charge on any atom is -0.326 e. The van der Waals surface area contributed by atoms with Gasteiger partial charge in [0.25, 0.3) is 0 Å². The van der Waals surface area contributed by atoms with Crippen LogP contribution in [0.4, 0.5) is 10.5 Å². The number of fused-ring (bicyclic) bond motifs is 1. The summed E-state index contributed by atoms with van der Waals surface area (Å²) in [5.74, 6) is 0. The molecule has 0 unspecified atom stereocenters. The number of hydrogen-bond donors (Lipinski definition) is 1. The van der Waals surface area contributed by atoms with Gasteiger partial charge in [0.1, 0.15) is 0 Å². The van der Waals surface area contributed by atoms with Gasteiger partial charge >= 0.3 is 6.03 Å². The van der Waals surface area contributed by atoms with E-state index < -0.39 is 0 Å². The van der Waals surface area contributed by atoms with Gasteiger partial charge in [-0.25, -0.2) is 4.79 Å². The Balaban J connectivity index is 1.56. The first-order valence-electron chi connectivity index (χ1n) is 8.65. The smallest absolute Gasteiger partial charge is 0.324 e. The van der Waals surface area contributed by atoms with Crippen LogP contribution in [0, 0.1) is 0 Å². The first-order valence-corrected chi connectivity index (χ1v) is 8.65. The molecule has 2 aliphatic heterocycles. The number of nitrogens with two attached hydrogens (primary N) is 1. The fourth-order valence-corrected chi connectivity index (χ4v) is 4.26. The molecular weight excluding hydrogens is 288 g/mol. The average molecular weight is 314 g/mol. The van der Waals surface area contributed by atoms with Crippen molar-refractivity contribution >= 4 is 11.7 Å². The molecule has 1 aromatic rings. The molecule has 0 bridgehead atoms. The van der Waals surface area contributed by atoms with Crippen molar-refractivity contribution in [3.05, 3.63) is 29.8 Å². The van der Waals surface area contributed by atoms with E-state index in [-0.39, 0.29) is 23.7 Å². The summed E-state index contributed by atoms with van der Waals surface area (Å²) >= 11 is 0. The maximum Gasteiger partial charge on any atom is 0.324 e. The minimum absolute atomic E-state index is 0.112. The Bertz CT molecular complexity index is 608. The molecule has 0 radical (unpaired) electrons. The van der Waals surface area contributed by atoms with Crippen LogP contribution >= 0.6 is 0 Å². The van der Waals surface area contributed by atoms with Crippen molar-refractivity contribution in [1.29, 1.82) is 0 Å². The van der Waals surface area contributed by atoms with E-state index >= 15 is 0 Å². The number of rotatable bonds is 3. The van der Waals surface area contributed by atoms with Gasteiger partial charge in [-0.3, -0.25) is 9.80 Å². The molecule has 1 saturated carbocycles. The van der Waals surface area contributed by atoms with Crippen LogP contribution in [0.15, 0.2) is 24.3 Å². The van der Waals surface area contributed by atoms with E-state index in [9.17, 15) is 4.79 Å². The number of urea groups is 1. The number of carbonyl (C=O) groups is 1. The van der Waals surface area contributed by atoms with Crippen molar-refractivity contribution in [2.75, 3.05) is 32.1 Å². The van der Waals surface area contributed by atoms with Gasteiger partial charge < -0.3 is 10.6 Å². The molecule has 0 aromatic heterocycles. The number of benzene rings is 1. The number of hydrogen-bond acceptors (Lipinski definition) is 3. The molecular formula is C18H26N4O. The van der Waals surface area contributed by atoms with Crippen molar-refractivity contribution in [2.24, 2.45) is 5.73 Å². The fraction of sp³-hybridized carbons (Fsp3) is 0.611. The molecule has 2 amide bonds. The molecule has 2 heterocycles. The second kappa shape index (κ2) is 5.21. The summed E-state index contributed by atoms with van der Waals surface area (Å²) in [7, 11) is 4.29. The molecule has 5 nitrogen and oxygen atoms in total. The highest BCUT2D eigenvalue weighted by atomic mass is 16.2. The van der Waals surface area contributed by atoms with Gasteiger partial charge in [-0.1, -0.05) is 12.1 Å². The maximum atomic E-state index is 12.7. The van der Waals surface area contributed by atoms with Crippen LogP contribution in [-0.2, 0) is 5.54 Å². The van der Waals surface area contributed by atoms with E-state index in [1.54, 1.807) is 0 Å². The largest absolute Gasteiger partial charge is 0.326 e. The molecule has 2 saturated heterocycles. The Morgan fingerprint density at radius 1 is 1.22 bits per heavy atom. The zero-order valence-corrected chi connectivity index (χ0v) is 14.0. The van der Waals surface area contributed by atoms with Crippen LogP contribution in [0.2, 0.25) is 0 Å². The third kappa shape index (κ3) is 2.25. The van der Waals surface area contributed by atoms with Crippen LogP contribution in [0.25, 0.3) is 0 Å². The van der Waals surface area contributed by atoms with E-state index in [4.69, 9.17) is 5.73 Å². The summed E-state index contributed by atoms with van der Waals surface area (Å²) in [5, 5.41) is 0. The number of piperidine rings is 1. The monoisotopic (exact) mass is 314 g/mol. The van der Waals surface area contributed by atoms with Gasteiger partial charge in [-0.15, -0.1) is 0 Å². The van der Waals surface area contributed by atoms with Crippen LogP contribution in [0.1, 0.15) is 31.2 Å². The highest BCUT2D eigenvalue weighted by molar-refractivity contribution is 5.94. The lowest BCUT2D eigenvalue weighted by molar-refractivity contribution is 0.175. The Morgan fingerprint density at radius 3 is 2.48 bits per heavy atom. The van der Waals surface area contributed by atoms with Crippen molar-refractivity contribution in [3.63, 3.8) is 0 Å². The third-order valence-electron chi connectivity index (χ3n) is 5.97. The Kier molecular flexibility index (Phi) is 3.39. The molecule has 2 atom stereocenters. The average Bonchev–Trinajstić information content (AvgIpc) is 3.29. The van der Waals surface area contributed by atoms with Gasteiger partial charge in [-0.05, 0) is 57.5 Å². The van der Waals surface area contributed by atoms with Crippen LogP contribution in [0.5, 0.6) is 0 Å². The van der Waals surface area contributed by atoms with Gasteiger partial charge in [0.05, 0.1) is 6.04 Å². The van der Waals surface area contributed by atoms with Gasteiger partial charge in [-0.2, -0.15) is 0 Å². The first-order chi connectivity index (χ1) is 11.0. The van der Waals surface area contributed by atoms with E-state index in [1.807, 2.05) is 9.80 Å². The zero-order chi connectivity index (χ0) is 16.2. The van der Waals surface area contributed by atoms with Crippen molar-refractivity contribution in [1.82, 2.24) is 9.80 Å². The number of carbonyl (C=O) groups excluding carboxylic acids is 1. The normalized spacial score (nSPS) is 29.1. The molecule has 2 N–H and O–H groups in total. The van der Waals surface area contributed by atoms with Crippen molar-refractivity contribution < 1.29 is 4.79 Å². The van der Waals surface area contributed by atoms with Gasteiger partial charge in [0, 0.05) is 30.4 Å². The van der Waals surface area contributed by atoms with Gasteiger partial charge in [0.2, 0.25) is 0 Å². The molecule has 23 heavy (non-hydrogen) atoms. The van der Waals surface area contributed by atoms with E-state index in [0.717, 1.165) is 31.6 Å². The summed E-state index contributed by atoms with van der Waals surface area (Å²) in [5.41, 5.74) is 8.78. The maximum absolute atomic E-state index is 12.7. The second-order valence-electron chi connectivity index (χ2n) is 7.43. The Labute approximate surface area is 138 Å². The van der Waals surface area contributed by atoms with E-state index in [1.165, 1.54) is 18.4 Å². The highest BCUT2D eigenvalue weighted by Crippen LogP contribution is 2.49. The third-order valence-corrected chi connectivity index (χ3v) is 5.97. The van der Waals surface area contributed by atoms with Gasteiger partial charge in [0.15, 0.2) is 0 Å². The predicted molar refractivity (Wildman–Crippen MR) is 91.5 cm³/mol. The van der Waals surface area contributed by atoms with E-state index in [2.05, 4.69) is 43.3 Å². The van der Waals surface area contributed by atoms with Crippen molar-refractivity contribution in [3.8, 4) is 0 Å². The number of anilines is 1. The van der Waals surface area contributed by atoms with Crippen LogP contribution < -0.4 is 10.6 Å². The molecule has 3 fully saturated rings. The number of amides is 2. The summed E-state index contributed by atoms with van der Waals surface area (Å²) < 4.78 is 0. The molecule has 4 rings (SSSR count). The lowest BCUT2D eigenvalue weighted by Crippen LogP contribution is -2.50. The van der Waals surface area contributed by atoms with Crippen LogP contribution in [-0.4, -0.2) is 55.1 Å². The minimum atomic E-state index is 0.112. The van der Waals surface area contributed by atoms with Crippen LogP contribution in [0.3, 0.4) is 0 Å². The first kappa shape index (κ1) is 15.0. The molecule has 0 spiro atoms. The summed E-state index contributed by atoms with van der Waals surface area (Å²) in [6.45, 7) is 1.56. The standard InChI is InChI=1S/C18H26N4O/c1-20(2)18(9-10-18)13-5-7-14(8-6-13)22-12-16-15(19)4-3-11-21(16)17(22)23/h5-8,15-16H,3-4,9-12,19H2,1-2H3/t15-,16-/m1/s1. The molecule has 1 aliphatic carbocycles. The quantitative estimate of drug-likeness (QED) is 0.928. The lowest BCUT2D eigenvalue weighted by Gasteiger charge is -2.32. The van der Waals surface area contributed by atoms with Crippen molar-refractivity contribution in [2.45, 2.75) is 43.3 Å². The highest BCUT2D eigenvalue weighted by Gasteiger charge is 2.46. The predicted octanol–water partition coefficient (Wildman–Crippen LogP) is 1.97. The fourth-order valence-electron chi connectivity index (χ4n) is 4.26.